The van der Waals surface area contributed by atoms with Crippen LogP contribution >= 0.6 is 0 Å². The Labute approximate surface area is 183 Å². The van der Waals surface area contributed by atoms with Gasteiger partial charge in [-0.2, -0.15) is 4.31 Å². The lowest BCUT2D eigenvalue weighted by Crippen LogP contribution is -2.46. The van der Waals surface area contributed by atoms with E-state index >= 15 is 0 Å². The topological polar surface area (TPSA) is 119 Å². The molecule has 0 aliphatic rings. The van der Waals surface area contributed by atoms with Gasteiger partial charge in [0, 0.05) is 19.5 Å². The highest BCUT2D eigenvalue weighted by atomic mass is 32.2. The van der Waals surface area contributed by atoms with Gasteiger partial charge in [-0.1, -0.05) is 44.2 Å². The Morgan fingerprint density at radius 3 is 2.19 bits per heavy atom. The van der Waals surface area contributed by atoms with Gasteiger partial charge in [0.1, 0.15) is 18.0 Å². The number of ether oxygens (including phenoxy) is 2. The first-order valence-electron chi connectivity index (χ1n) is 9.95. The number of benzene rings is 2. The summed E-state index contributed by atoms with van der Waals surface area (Å²) in [5.41, 5.74) is 6.01. The predicted molar refractivity (Wildman–Crippen MR) is 117 cm³/mol. The van der Waals surface area contributed by atoms with Crippen molar-refractivity contribution in [3.05, 3.63) is 60.2 Å². The summed E-state index contributed by atoms with van der Waals surface area (Å²) in [4.78, 5) is 11.5. The molecule has 8 nitrogen and oxygen atoms in total. The third-order valence-electron chi connectivity index (χ3n) is 4.63. The highest BCUT2D eigenvalue weighted by Gasteiger charge is 2.32. The Kier molecular flexibility index (Phi) is 8.85. The summed E-state index contributed by atoms with van der Waals surface area (Å²) in [6, 6.07) is 15.2. The highest BCUT2D eigenvalue weighted by Crippen LogP contribution is 2.22. The van der Waals surface area contributed by atoms with Crippen LogP contribution in [0.15, 0.2) is 59.5 Å². The number of amides is 1. The molecule has 0 saturated carbocycles. The maximum atomic E-state index is 13.2. The normalized spacial score (nSPS) is 13.7. The van der Waals surface area contributed by atoms with Crippen molar-refractivity contribution in [3.8, 4) is 5.75 Å². The third-order valence-corrected chi connectivity index (χ3v) is 6.48. The molecule has 0 fully saturated rings. The minimum Gasteiger partial charge on any atom is -0.497 e. The second-order valence-electron chi connectivity index (χ2n) is 7.62. The molecule has 1 amide bonds. The monoisotopic (exact) mass is 450 g/mol. The average molecular weight is 451 g/mol. The Morgan fingerprint density at radius 2 is 1.68 bits per heavy atom. The molecule has 1 unspecified atom stereocenters. The molecule has 0 heterocycles. The summed E-state index contributed by atoms with van der Waals surface area (Å²) in [7, 11) is -2.41. The number of nitrogens with zero attached hydrogens (tertiary/aromatic N) is 1. The molecule has 0 spiro atoms. The first-order valence-corrected chi connectivity index (χ1v) is 11.4. The summed E-state index contributed by atoms with van der Waals surface area (Å²) in [6.45, 7) is 3.69. The molecule has 0 radical (unpaired) electrons. The van der Waals surface area contributed by atoms with Crippen LogP contribution in [0.3, 0.4) is 0 Å². The van der Waals surface area contributed by atoms with Crippen molar-refractivity contribution in [3.63, 3.8) is 0 Å². The fraction of sp³-hybridized carbons (Fsp3) is 0.409. The van der Waals surface area contributed by atoms with Gasteiger partial charge in [-0.15, -0.1) is 0 Å². The second-order valence-corrected chi connectivity index (χ2v) is 9.56. The Bertz CT molecular complexity index is 932. The zero-order chi connectivity index (χ0) is 23.0. The number of sulfonamides is 1. The molecule has 9 heteroatoms. The van der Waals surface area contributed by atoms with Gasteiger partial charge >= 0.3 is 6.09 Å². The lowest BCUT2D eigenvalue weighted by Gasteiger charge is -2.29. The standard InChI is InChI=1S/C22H30N2O6S/c1-16(2)14-24(31(27,28)19-11-9-18(29-3)10-12-19)15-20(25)21(30-22(23)26)13-17-7-5-4-6-8-17/h4-12,16,20-21,25H,13-15H2,1-3H3,(H2,23,26)/t20-,21?/m0/s1. The number of rotatable bonds is 11. The van der Waals surface area contributed by atoms with Gasteiger partial charge in [0.2, 0.25) is 10.0 Å². The molecule has 3 N–H and O–H groups in total. The minimum atomic E-state index is -3.90. The number of nitrogens with two attached hydrogens (primary N) is 1. The van der Waals surface area contributed by atoms with Crippen LogP contribution in [-0.4, -0.2) is 56.3 Å². The van der Waals surface area contributed by atoms with Gasteiger partial charge in [0.25, 0.3) is 0 Å². The van der Waals surface area contributed by atoms with E-state index in [1.807, 2.05) is 44.2 Å². The van der Waals surface area contributed by atoms with E-state index < -0.39 is 28.3 Å². The van der Waals surface area contributed by atoms with Gasteiger partial charge in [0.15, 0.2) is 0 Å². The first kappa shape index (κ1) is 24.6. The van der Waals surface area contributed by atoms with Crippen LogP contribution in [0.1, 0.15) is 19.4 Å². The quantitative estimate of drug-likeness (QED) is 0.543. The van der Waals surface area contributed by atoms with E-state index in [0.717, 1.165) is 5.56 Å². The van der Waals surface area contributed by atoms with Crippen LogP contribution in [0.5, 0.6) is 5.75 Å². The van der Waals surface area contributed by atoms with Crippen LogP contribution < -0.4 is 10.5 Å². The molecular weight excluding hydrogens is 420 g/mol. The Morgan fingerprint density at radius 1 is 1.06 bits per heavy atom. The largest absolute Gasteiger partial charge is 0.497 e. The SMILES string of the molecule is COc1ccc(S(=O)(=O)N(CC(C)C)C[C@H](O)C(Cc2ccccc2)OC(N)=O)cc1. The zero-order valence-electron chi connectivity index (χ0n) is 18.0. The molecule has 2 aromatic rings. The lowest BCUT2D eigenvalue weighted by molar-refractivity contribution is -0.00189. The fourth-order valence-electron chi connectivity index (χ4n) is 3.15. The molecule has 2 atom stereocenters. The summed E-state index contributed by atoms with van der Waals surface area (Å²) in [6.07, 6.45) is -3.11. The van der Waals surface area contributed by atoms with Crippen molar-refractivity contribution in [1.82, 2.24) is 4.31 Å². The Hall–Kier alpha value is -2.62. The van der Waals surface area contributed by atoms with Crippen LogP contribution in [0.25, 0.3) is 0 Å². The molecule has 0 aliphatic carbocycles. The molecule has 170 valence electrons. The van der Waals surface area contributed by atoms with E-state index in [1.54, 1.807) is 12.1 Å². The van der Waals surface area contributed by atoms with Crippen LogP contribution in [0, 0.1) is 5.92 Å². The molecule has 0 aromatic heterocycles. The van der Waals surface area contributed by atoms with Gasteiger partial charge in [0.05, 0.1) is 12.0 Å². The van der Waals surface area contributed by atoms with E-state index in [4.69, 9.17) is 15.2 Å². The number of primary amides is 1. The maximum Gasteiger partial charge on any atom is 0.404 e. The molecular formula is C22H30N2O6S. The average Bonchev–Trinajstić information content (AvgIpc) is 2.73. The predicted octanol–water partition coefficient (Wildman–Crippen LogP) is 2.41. The lowest BCUT2D eigenvalue weighted by atomic mass is 10.0. The summed E-state index contributed by atoms with van der Waals surface area (Å²) < 4.78 is 37.9. The van der Waals surface area contributed by atoms with Crippen molar-refractivity contribution in [2.75, 3.05) is 20.2 Å². The summed E-state index contributed by atoms with van der Waals surface area (Å²) in [5, 5.41) is 10.8. The number of aliphatic hydroxyl groups is 1. The maximum absolute atomic E-state index is 13.2. The molecule has 2 aromatic carbocycles. The molecule has 0 aliphatic heterocycles. The number of methoxy groups -OCH3 is 1. The van der Waals surface area contributed by atoms with Gasteiger partial charge < -0.3 is 20.3 Å². The van der Waals surface area contributed by atoms with Gasteiger partial charge in [-0.25, -0.2) is 13.2 Å². The van der Waals surface area contributed by atoms with E-state index in [2.05, 4.69) is 0 Å². The molecule has 0 bridgehead atoms. The number of aliphatic hydroxyl groups excluding tert-OH is 1. The minimum absolute atomic E-state index is 0.00450. The third kappa shape index (κ3) is 7.23. The Balaban J connectivity index is 2.27. The van der Waals surface area contributed by atoms with E-state index in [-0.39, 0.29) is 30.3 Å². The molecule has 31 heavy (non-hydrogen) atoms. The number of hydrogen-bond donors (Lipinski definition) is 2. The van der Waals surface area contributed by atoms with Crippen molar-refractivity contribution < 1.29 is 27.8 Å². The van der Waals surface area contributed by atoms with Crippen molar-refractivity contribution >= 4 is 16.1 Å². The van der Waals surface area contributed by atoms with Crippen LogP contribution in [0.4, 0.5) is 4.79 Å². The van der Waals surface area contributed by atoms with Crippen LogP contribution in [-0.2, 0) is 21.2 Å². The summed E-state index contributed by atoms with van der Waals surface area (Å²) >= 11 is 0. The second kappa shape index (κ2) is 11.1. The van der Waals surface area contributed by atoms with E-state index in [0.29, 0.717) is 5.75 Å². The van der Waals surface area contributed by atoms with E-state index in [1.165, 1.54) is 23.5 Å². The van der Waals surface area contributed by atoms with Gasteiger partial charge in [-0.05, 0) is 35.7 Å². The van der Waals surface area contributed by atoms with Crippen LogP contribution in [0.2, 0.25) is 0 Å². The van der Waals surface area contributed by atoms with Crippen molar-refractivity contribution in [1.29, 1.82) is 0 Å². The smallest absolute Gasteiger partial charge is 0.404 e. The number of carbonyl (C=O) groups is 1. The van der Waals surface area contributed by atoms with Crippen molar-refractivity contribution in [2.24, 2.45) is 11.7 Å². The van der Waals surface area contributed by atoms with E-state index in [9.17, 15) is 18.3 Å². The number of carbonyl (C=O) groups excluding carboxylic acids is 1. The summed E-state index contributed by atoms with van der Waals surface area (Å²) in [5.74, 6) is 0.539. The highest BCUT2D eigenvalue weighted by molar-refractivity contribution is 7.89. The number of hydrogen-bond acceptors (Lipinski definition) is 6. The fourth-order valence-corrected chi connectivity index (χ4v) is 4.77. The van der Waals surface area contributed by atoms with Gasteiger partial charge in [-0.3, -0.25) is 0 Å². The molecule has 0 saturated heterocycles. The zero-order valence-corrected chi connectivity index (χ0v) is 18.8. The first-order chi connectivity index (χ1) is 14.6. The molecule has 2 rings (SSSR count). The van der Waals surface area contributed by atoms with Crippen molar-refractivity contribution in [2.45, 2.75) is 37.4 Å².